The summed E-state index contributed by atoms with van der Waals surface area (Å²) in [5, 5.41) is 13.6. The van der Waals surface area contributed by atoms with Gasteiger partial charge in [0.2, 0.25) is 5.95 Å². The molecule has 1 N–H and O–H groups in total. The van der Waals surface area contributed by atoms with Crippen molar-refractivity contribution in [3.8, 4) is 11.3 Å². The van der Waals surface area contributed by atoms with Crippen molar-refractivity contribution in [2.45, 2.75) is 6.92 Å². The van der Waals surface area contributed by atoms with Gasteiger partial charge in [-0.3, -0.25) is 10.1 Å². The second-order valence-corrected chi connectivity index (χ2v) is 4.06. The minimum Gasteiger partial charge on any atom is -0.357 e. The number of hydrogen-bond donors (Lipinski definition) is 1. The molecule has 2 rings (SSSR count). The van der Waals surface area contributed by atoms with Crippen LogP contribution < -0.4 is 5.32 Å². The lowest BCUT2D eigenvalue weighted by atomic mass is 10.1. The maximum absolute atomic E-state index is 13.8. The van der Waals surface area contributed by atoms with E-state index in [9.17, 15) is 23.3 Å². The van der Waals surface area contributed by atoms with E-state index in [0.717, 1.165) is 6.07 Å². The Hall–Kier alpha value is -2.71. The van der Waals surface area contributed by atoms with Gasteiger partial charge in [-0.05, 0) is 19.1 Å². The predicted octanol–water partition coefficient (Wildman–Crippen LogP) is 2.82. The van der Waals surface area contributed by atoms with Crippen LogP contribution in [0, 0.1) is 34.5 Å². The van der Waals surface area contributed by atoms with Gasteiger partial charge in [0.1, 0.15) is 5.69 Å². The fourth-order valence-electron chi connectivity index (χ4n) is 1.79. The van der Waals surface area contributed by atoms with Gasteiger partial charge in [0.05, 0.1) is 4.92 Å². The molecule has 0 radical (unpaired) electrons. The Kier molecular flexibility index (Phi) is 3.74. The van der Waals surface area contributed by atoms with Gasteiger partial charge in [0, 0.05) is 12.6 Å². The highest BCUT2D eigenvalue weighted by Gasteiger charge is 2.27. The third-order valence-corrected chi connectivity index (χ3v) is 2.75. The molecule has 1 aromatic heterocycles. The van der Waals surface area contributed by atoms with Gasteiger partial charge in [0.15, 0.2) is 23.1 Å². The molecule has 0 atom stereocenters. The Balaban J connectivity index is 2.82. The summed E-state index contributed by atoms with van der Waals surface area (Å²) in [6.45, 7) is 1.34. The van der Waals surface area contributed by atoms with Crippen molar-refractivity contribution >= 4 is 11.6 Å². The molecule has 9 heteroatoms. The Morgan fingerprint density at radius 1 is 1.19 bits per heavy atom. The van der Waals surface area contributed by atoms with Crippen LogP contribution in [-0.2, 0) is 0 Å². The van der Waals surface area contributed by atoms with Crippen molar-refractivity contribution in [1.29, 1.82) is 0 Å². The van der Waals surface area contributed by atoms with Gasteiger partial charge in [-0.15, -0.1) is 0 Å². The summed E-state index contributed by atoms with van der Waals surface area (Å²) in [6.07, 6.45) is 0. The van der Waals surface area contributed by atoms with Crippen molar-refractivity contribution in [2.75, 3.05) is 12.4 Å². The van der Waals surface area contributed by atoms with Crippen LogP contribution in [0.25, 0.3) is 11.3 Å². The zero-order chi connectivity index (χ0) is 15.7. The van der Waals surface area contributed by atoms with Crippen LogP contribution in [0.4, 0.5) is 24.8 Å². The summed E-state index contributed by atoms with van der Waals surface area (Å²) in [5.74, 6) is -4.65. The average Bonchev–Trinajstić information content (AvgIpc) is 2.43. The maximum Gasteiger partial charge on any atom is 0.316 e. The number of anilines is 1. The van der Waals surface area contributed by atoms with E-state index in [0.29, 0.717) is 6.07 Å². The first-order chi connectivity index (χ1) is 9.86. The highest BCUT2D eigenvalue weighted by molar-refractivity contribution is 5.72. The number of nitro groups is 1. The summed E-state index contributed by atoms with van der Waals surface area (Å²) in [6, 6.07) is 1.57. The van der Waals surface area contributed by atoms with E-state index in [1.54, 1.807) is 0 Å². The van der Waals surface area contributed by atoms with Gasteiger partial charge < -0.3 is 5.32 Å². The monoisotopic (exact) mass is 298 g/mol. The fraction of sp³-hybridized carbons (Fsp3) is 0.167. The number of nitrogens with one attached hydrogen (secondary N) is 1. The van der Waals surface area contributed by atoms with Gasteiger partial charge >= 0.3 is 5.69 Å². The zero-order valence-electron chi connectivity index (χ0n) is 10.9. The highest BCUT2D eigenvalue weighted by atomic mass is 19.2. The van der Waals surface area contributed by atoms with Crippen molar-refractivity contribution in [3.05, 3.63) is 45.4 Å². The predicted molar refractivity (Wildman–Crippen MR) is 68.3 cm³/mol. The molecule has 0 bridgehead atoms. The molecule has 0 aliphatic carbocycles. The van der Waals surface area contributed by atoms with E-state index in [4.69, 9.17) is 0 Å². The lowest BCUT2D eigenvalue weighted by Gasteiger charge is -2.08. The summed E-state index contributed by atoms with van der Waals surface area (Å²) in [4.78, 5) is 17.9. The van der Waals surface area contributed by atoms with E-state index in [2.05, 4.69) is 15.3 Å². The second-order valence-electron chi connectivity index (χ2n) is 4.06. The van der Waals surface area contributed by atoms with Crippen LogP contribution in [-0.4, -0.2) is 21.9 Å². The average molecular weight is 298 g/mol. The van der Waals surface area contributed by atoms with Crippen molar-refractivity contribution in [3.63, 3.8) is 0 Å². The SMILES string of the molecule is CNc1nc(C)c([N+](=O)[O-])c(-c2ccc(F)c(F)c2F)n1. The molecule has 0 saturated heterocycles. The molecule has 1 heterocycles. The Labute approximate surface area is 116 Å². The van der Waals surface area contributed by atoms with Crippen LogP contribution >= 0.6 is 0 Å². The first kappa shape index (κ1) is 14.7. The number of hydrogen-bond acceptors (Lipinski definition) is 5. The third-order valence-electron chi connectivity index (χ3n) is 2.75. The molecule has 0 saturated carbocycles. The van der Waals surface area contributed by atoms with Crippen LogP contribution in [0.1, 0.15) is 5.69 Å². The number of rotatable bonds is 3. The largest absolute Gasteiger partial charge is 0.357 e. The fourth-order valence-corrected chi connectivity index (χ4v) is 1.79. The molecule has 0 fully saturated rings. The second kappa shape index (κ2) is 5.35. The molecular weight excluding hydrogens is 289 g/mol. The van der Waals surface area contributed by atoms with E-state index in [-0.39, 0.29) is 11.6 Å². The van der Waals surface area contributed by atoms with E-state index >= 15 is 0 Å². The molecule has 1 aromatic carbocycles. The van der Waals surface area contributed by atoms with E-state index in [1.807, 2.05) is 0 Å². The molecule has 21 heavy (non-hydrogen) atoms. The summed E-state index contributed by atoms with van der Waals surface area (Å²) < 4.78 is 40.1. The van der Waals surface area contributed by atoms with Crippen LogP contribution in [0.5, 0.6) is 0 Å². The summed E-state index contributed by atoms with van der Waals surface area (Å²) in [7, 11) is 1.46. The molecule has 110 valence electrons. The molecule has 0 amide bonds. The van der Waals surface area contributed by atoms with Gasteiger partial charge in [-0.1, -0.05) is 0 Å². The van der Waals surface area contributed by atoms with Crippen molar-refractivity contribution < 1.29 is 18.1 Å². The van der Waals surface area contributed by atoms with Gasteiger partial charge in [-0.2, -0.15) is 0 Å². The summed E-state index contributed by atoms with van der Waals surface area (Å²) in [5.41, 5.74) is -1.53. The molecule has 2 aromatic rings. The van der Waals surface area contributed by atoms with E-state index < -0.39 is 39.3 Å². The number of nitrogens with zero attached hydrogens (tertiary/aromatic N) is 3. The molecule has 6 nitrogen and oxygen atoms in total. The topological polar surface area (TPSA) is 81.0 Å². The number of halogens is 3. The molecule has 0 aliphatic heterocycles. The number of aromatic nitrogens is 2. The quantitative estimate of drug-likeness (QED) is 0.535. The Bertz CT molecular complexity index is 737. The lowest BCUT2D eigenvalue weighted by Crippen LogP contribution is -2.06. The Morgan fingerprint density at radius 2 is 1.86 bits per heavy atom. The first-order valence-electron chi connectivity index (χ1n) is 5.71. The van der Waals surface area contributed by atoms with Crippen LogP contribution in [0.15, 0.2) is 12.1 Å². The minimum atomic E-state index is -1.72. The maximum atomic E-state index is 13.8. The van der Waals surface area contributed by atoms with Crippen molar-refractivity contribution in [2.24, 2.45) is 0 Å². The molecule has 0 unspecified atom stereocenters. The van der Waals surface area contributed by atoms with Crippen LogP contribution in [0.3, 0.4) is 0 Å². The zero-order valence-corrected chi connectivity index (χ0v) is 10.9. The summed E-state index contributed by atoms with van der Waals surface area (Å²) >= 11 is 0. The first-order valence-corrected chi connectivity index (χ1v) is 5.71. The smallest absolute Gasteiger partial charge is 0.316 e. The molecule has 0 spiro atoms. The lowest BCUT2D eigenvalue weighted by molar-refractivity contribution is -0.385. The molecule has 0 aliphatic rings. The number of benzene rings is 1. The number of aryl methyl sites for hydroxylation is 1. The van der Waals surface area contributed by atoms with Crippen molar-refractivity contribution in [1.82, 2.24) is 9.97 Å². The minimum absolute atomic E-state index is 0.00256. The highest BCUT2D eigenvalue weighted by Crippen LogP contribution is 2.33. The van der Waals surface area contributed by atoms with Gasteiger partial charge in [0.25, 0.3) is 0 Å². The van der Waals surface area contributed by atoms with Crippen LogP contribution in [0.2, 0.25) is 0 Å². The normalized spacial score (nSPS) is 10.5. The van der Waals surface area contributed by atoms with E-state index in [1.165, 1.54) is 14.0 Å². The van der Waals surface area contributed by atoms with Gasteiger partial charge in [-0.25, -0.2) is 23.1 Å². The third kappa shape index (κ3) is 2.49. The molecular formula is C12H9F3N4O2. The Morgan fingerprint density at radius 3 is 2.43 bits per heavy atom. The standard InChI is InChI=1S/C12H9F3N4O2/c1-5-11(19(20)21)10(18-12(16-2)17-5)6-3-4-7(13)9(15)8(6)14/h3-4H,1-2H3,(H,16,17,18).